The van der Waals surface area contributed by atoms with Crippen LogP contribution in [0, 0.1) is 0 Å². The fraction of sp³-hybridized carbons (Fsp3) is 1.00. The molecule has 0 radical (unpaired) electrons. The Balaban J connectivity index is 3.05. The monoisotopic (exact) mass is 177 g/mol. The van der Waals surface area contributed by atoms with Crippen molar-refractivity contribution in [3.8, 4) is 0 Å². The summed E-state index contributed by atoms with van der Waals surface area (Å²) in [6.07, 6.45) is 0. The quantitative estimate of drug-likeness (QED) is 0.525. The van der Waals surface area contributed by atoms with E-state index in [0.717, 1.165) is 0 Å². The lowest BCUT2D eigenvalue weighted by Crippen LogP contribution is -1.95. The maximum absolute atomic E-state index is 9.71. The lowest BCUT2D eigenvalue weighted by molar-refractivity contribution is 0.294. The second-order valence-corrected chi connectivity index (χ2v) is 2.94. The van der Waals surface area contributed by atoms with Gasteiger partial charge in [-0.15, -0.1) is 32.6 Å². The summed E-state index contributed by atoms with van der Waals surface area (Å²) in [4.78, 5) is 7.24. The Morgan fingerprint density at radius 1 is 1.75 bits per heavy atom. The summed E-state index contributed by atoms with van der Waals surface area (Å²) in [6, 6.07) is 0. The van der Waals surface area contributed by atoms with Crippen molar-refractivity contribution >= 4 is 31.5 Å². The van der Waals surface area contributed by atoms with Crippen molar-refractivity contribution in [1.29, 1.82) is 0 Å². The van der Waals surface area contributed by atoms with Gasteiger partial charge in [-0.1, -0.05) is 0 Å². The molecule has 0 rings (SSSR count). The van der Waals surface area contributed by atoms with E-state index in [1.54, 1.807) is 0 Å². The van der Waals surface area contributed by atoms with E-state index >= 15 is 0 Å². The highest BCUT2D eigenvalue weighted by atomic mass is 35.5. The molecule has 1 unspecified atom stereocenters. The van der Waals surface area contributed by atoms with Gasteiger partial charge in [0.25, 0.3) is 0 Å². The Kier molecular flexibility index (Phi) is 4.81. The molecule has 0 saturated carbocycles. The van der Waals surface area contributed by atoms with Crippen molar-refractivity contribution in [3.05, 3.63) is 0 Å². The van der Waals surface area contributed by atoms with Crippen LogP contribution in [0.15, 0.2) is 0 Å². The van der Waals surface area contributed by atoms with Crippen LogP contribution in [0.1, 0.15) is 0 Å². The first-order valence-electron chi connectivity index (χ1n) is 1.70. The Morgan fingerprint density at radius 3 is 2.38 bits per heavy atom. The van der Waals surface area contributed by atoms with Gasteiger partial charge in [0.1, 0.15) is 11.4 Å². The lowest BCUT2D eigenvalue weighted by Gasteiger charge is -1.87. The first-order chi connectivity index (χ1) is 3.63. The fourth-order valence-corrected chi connectivity index (χ4v) is 0.698. The summed E-state index contributed by atoms with van der Waals surface area (Å²) in [6.45, 7) is -0.116. The lowest BCUT2D eigenvalue weighted by atomic mass is 10.9. The summed E-state index contributed by atoms with van der Waals surface area (Å²) in [7, 11) is -2.55. The predicted octanol–water partition coefficient (Wildman–Crippen LogP) is 1.46. The van der Waals surface area contributed by atoms with Crippen LogP contribution in [-0.4, -0.2) is 16.3 Å². The minimum absolute atomic E-state index is 0.116. The van der Waals surface area contributed by atoms with Gasteiger partial charge in [0.05, 0.1) is 0 Å². The van der Waals surface area contributed by atoms with E-state index in [0.29, 0.717) is 0 Å². The molecule has 3 nitrogen and oxygen atoms in total. The molecule has 0 fully saturated rings. The van der Waals surface area contributed by atoms with Gasteiger partial charge >= 0.3 is 8.25 Å². The Hall–Kier alpha value is 0.600. The van der Waals surface area contributed by atoms with Crippen LogP contribution in [0.25, 0.3) is 0 Å². The minimum atomic E-state index is -2.55. The number of hydrogen-bond donors (Lipinski definition) is 1. The molecule has 0 amide bonds. The van der Waals surface area contributed by atoms with Crippen LogP contribution < -0.4 is 0 Å². The number of halogens is 2. The minimum Gasteiger partial charge on any atom is -0.133 e. The van der Waals surface area contributed by atoms with Crippen molar-refractivity contribution in [2.45, 2.75) is 4.84 Å². The molecule has 48 valence electrons. The van der Waals surface area contributed by atoms with E-state index in [1.165, 1.54) is 0 Å². The van der Waals surface area contributed by atoms with Crippen LogP contribution >= 0.6 is 31.5 Å². The highest BCUT2D eigenvalue weighted by Crippen LogP contribution is 2.16. The molecule has 0 aromatic rings. The Labute approximate surface area is 57.5 Å². The molecule has 0 spiro atoms. The third kappa shape index (κ3) is 6.60. The van der Waals surface area contributed by atoms with Crippen LogP contribution in [0.3, 0.4) is 0 Å². The van der Waals surface area contributed by atoms with Crippen LogP contribution in [0.5, 0.6) is 0 Å². The van der Waals surface area contributed by atoms with Gasteiger partial charge in [-0.25, -0.2) is 0 Å². The number of rotatable bonds is 3. The summed E-state index contributed by atoms with van der Waals surface area (Å²) in [5.74, 6) is 0. The molecule has 8 heavy (non-hydrogen) atoms. The van der Waals surface area contributed by atoms with Gasteiger partial charge in [0.15, 0.2) is 0 Å². The molecule has 0 aromatic carbocycles. The molecule has 6 heteroatoms. The van der Waals surface area contributed by atoms with E-state index in [-0.39, 0.29) is 6.61 Å². The van der Waals surface area contributed by atoms with Gasteiger partial charge in [0, 0.05) is 4.57 Å². The summed E-state index contributed by atoms with van der Waals surface area (Å²) in [5, 5.41) is 0. The van der Waals surface area contributed by atoms with Crippen molar-refractivity contribution in [2.24, 2.45) is 0 Å². The van der Waals surface area contributed by atoms with Crippen LogP contribution in [-0.2, 0) is 9.09 Å². The molecule has 0 aliphatic rings. The normalized spacial score (nSPS) is 12.2. The SMILES string of the molecule is O=[P+](O)OCC(Cl)Cl. The zero-order chi connectivity index (χ0) is 6.57. The zero-order valence-electron chi connectivity index (χ0n) is 3.75. The fourth-order valence-electron chi connectivity index (χ4n) is 0.120. The molecule has 0 aliphatic heterocycles. The Bertz CT molecular complexity index is 85.4. The third-order valence-corrected chi connectivity index (χ3v) is 0.933. The highest BCUT2D eigenvalue weighted by molar-refractivity contribution is 7.32. The largest absolute Gasteiger partial charge is 0.694 e. The average molecular weight is 178 g/mol. The highest BCUT2D eigenvalue weighted by Gasteiger charge is 2.13. The smallest absolute Gasteiger partial charge is 0.133 e. The summed E-state index contributed by atoms with van der Waals surface area (Å²) in [5.41, 5.74) is 0. The molecule has 1 N–H and O–H groups in total. The summed E-state index contributed by atoms with van der Waals surface area (Å²) >= 11 is 10.2. The van der Waals surface area contributed by atoms with Gasteiger partial charge in [-0.05, 0) is 0 Å². The first-order valence-corrected chi connectivity index (χ1v) is 3.70. The van der Waals surface area contributed by atoms with E-state index in [2.05, 4.69) is 4.52 Å². The topological polar surface area (TPSA) is 46.5 Å². The van der Waals surface area contributed by atoms with E-state index in [4.69, 9.17) is 28.1 Å². The van der Waals surface area contributed by atoms with Crippen molar-refractivity contribution in [3.63, 3.8) is 0 Å². The van der Waals surface area contributed by atoms with Crippen molar-refractivity contribution in [1.82, 2.24) is 0 Å². The standard InChI is InChI=1S/C2H3Cl2O3P/c3-2(4)1-7-8(5)6/h2H,1H2/p+1. The summed E-state index contributed by atoms with van der Waals surface area (Å²) < 4.78 is 13.8. The van der Waals surface area contributed by atoms with Gasteiger partial charge in [0.2, 0.25) is 0 Å². The van der Waals surface area contributed by atoms with E-state index < -0.39 is 13.1 Å². The predicted molar refractivity (Wildman–Crippen MR) is 31.3 cm³/mol. The molecule has 0 aromatic heterocycles. The zero-order valence-corrected chi connectivity index (χ0v) is 6.16. The second-order valence-electron chi connectivity index (χ2n) is 0.925. The van der Waals surface area contributed by atoms with Crippen LogP contribution in [0.4, 0.5) is 0 Å². The van der Waals surface area contributed by atoms with Crippen molar-refractivity contribution < 1.29 is 14.0 Å². The van der Waals surface area contributed by atoms with Gasteiger partial charge in [-0.2, -0.15) is 0 Å². The molecular weight excluding hydrogens is 174 g/mol. The maximum Gasteiger partial charge on any atom is 0.694 e. The Morgan fingerprint density at radius 2 is 2.25 bits per heavy atom. The van der Waals surface area contributed by atoms with E-state index in [9.17, 15) is 4.57 Å². The third-order valence-electron chi connectivity index (χ3n) is 0.311. The molecule has 0 heterocycles. The first kappa shape index (κ1) is 8.60. The molecule has 0 bridgehead atoms. The second kappa shape index (κ2) is 4.48. The maximum atomic E-state index is 9.71. The number of hydrogen-bond acceptors (Lipinski definition) is 2. The molecule has 0 aliphatic carbocycles. The van der Waals surface area contributed by atoms with Gasteiger partial charge in [-0.3, -0.25) is 0 Å². The van der Waals surface area contributed by atoms with Crippen LogP contribution in [0.2, 0.25) is 0 Å². The molecule has 1 atom stereocenters. The average Bonchev–Trinajstić information content (AvgIpc) is 1.61. The molecule has 0 saturated heterocycles. The van der Waals surface area contributed by atoms with E-state index in [1.807, 2.05) is 0 Å². The number of alkyl halides is 2. The van der Waals surface area contributed by atoms with Gasteiger partial charge < -0.3 is 0 Å². The molecular formula is C2H4Cl2O3P+. The van der Waals surface area contributed by atoms with Crippen molar-refractivity contribution in [2.75, 3.05) is 6.61 Å².